The molecule has 4 N–H and O–H groups in total. The Morgan fingerprint density at radius 1 is 0.850 bits per heavy atom. The van der Waals surface area contributed by atoms with Gasteiger partial charge in [-0.1, -0.05) is 30.3 Å². The fourth-order valence-corrected chi connectivity index (χ4v) is 5.09. The molecular formula is C30H25N3O5S2. The molecular weight excluding hydrogens is 546 g/mol. The Bertz CT molecular complexity index is 1550. The molecule has 0 aliphatic rings. The molecule has 10 heteroatoms. The lowest BCUT2D eigenvalue weighted by Gasteiger charge is -2.14. The summed E-state index contributed by atoms with van der Waals surface area (Å²) in [6.07, 6.45) is 1.61. The van der Waals surface area contributed by atoms with E-state index in [0.717, 1.165) is 10.5 Å². The third-order valence-electron chi connectivity index (χ3n) is 5.53. The van der Waals surface area contributed by atoms with E-state index < -0.39 is 23.0 Å². The minimum atomic E-state index is -1.08. The number of amides is 3. The lowest BCUT2D eigenvalue weighted by atomic mass is 10.2. The molecule has 40 heavy (non-hydrogen) atoms. The van der Waals surface area contributed by atoms with Crippen molar-refractivity contribution in [2.75, 3.05) is 10.6 Å². The number of carbonyl (C=O) groups is 4. The van der Waals surface area contributed by atoms with Crippen molar-refractivity contribution in [2.45, 2.75) is 17.1 Å². The molecule has 0 aliphatic heterocycles. The molecule has 0 spiro atoms. The summed E-state index contributed by atoms with van der Waals surface area (Å²) in [6, 6.07) is 23.5. The summed E-state index contributed by atoms with van der Waals surface area (Å²) in [4.78, 5) is 50.6. The molecule has 4 aromatic rings. The minimum absolute atomic E-state index is 0.0777. The van der Waals surface area contributed by atoms with Crippen LogP contribution in [0.25, 0.3) is 6.08 Å². The quantitative estimate of drug-likeness (QED) is 0.137. The molecule has 0 saturated carbocycles. The van der Waals surface area contributed by atoms with Gasteiger partial charge in [-0.2, -0.15) is 11.3 Å². The molecule has 4 rings (SSSR count). The fourth-order valence-electron chi connectivity index (χ4n) is 3.54. The molecule has 0 radical (unpaired) electrons. The smallest absolute Gasteiger partial charge is 0.335 e. The van der Waals surface area contributed by atoms with Crippen LogP contribution < -0.4 is 16.0 Å². The van der Waals surface area contributed by atoms with Gasteiger partial charge in [-0.15, -0.1) is 11.8 Å². The van der Waals surface area contributed by atoms with Crippen LogP contribution in [-0.2, 0) is 9.59 Å². The van der Waals surface area contributed by atoms with Gasteiger partial charge in [-0.25, -0.2) is 4.79 Å². The molecule has 0 bridgehead atoms. The number of hydrogen-bond acceptors (Lipinski definition) is 6. The zero-order valence-electron chi connectivity index (χ0n) is 21.3. The van der Waals surface area contributed by atoms with Crippen LogP contribution in [0.15, 0.2) is 106 Å². The molecule has 0 aliphatic carbocycles. The second kappa shape index (κ2) is 13.4. The van der Waals surface area contributed by atoms with Gasteiger partial charge in [0.1, 0.15) is 5.70 Å². The predicted molar refractivity (Wildman–Crippen MR) is 159 cm³/mol. The Labute approximate surface area is 239 Å². The number of thioether (sulfide) groups is 1. The van der Waals surface area contributed by atoms with E-state index in [1.807, 2.05) is 22.9 Å². The number of benzene rings is 3. The number of carboxylic acid groups (broad SMARTS) is 1. The Balaban J connectivity index is 1.43. The van der Waals surface area contributed by atoms with E-state index in [9.17, 15) is 19.2 Å². The normalized spacial score (nSPS) is 11.8. The van der Waals surface area contributed by atoms with Crippen molar-refractivity contribution in [1.82, 2.24) is 5.32 Å². The molecule has 1 unspecified atom stereocenters. The number of thiophene rings is 1. The number of carboxylic acids is 1. The maximum Gasteiger partial charge on any atom is 0.335 e. The van der Waals surface area contributed by atoms with Gasteiger partial charge in [0.15, 0.2) is 0 Å². The molecule has 8 nitrogen and oxygen atoms in total. The maximum atomic E-state index is 13.2. The van der Waals surface area contributed by atoms with Gasteiger partial charge in [0, 0.05) is 21.8 Å². The van der Waals surface area contributed by atoms with Crippen molar-refractivity contribution in [1.29, 1.82) is 0 Å². The molecule has 0 saturated heterocycles. The Kier molecular flexibility index (Phi) is 9.50. The predicted octanol–water partition coefficient (Wildman–Crippen LogP) is 5.98. The second-order valence-corrected chi connectivity index (χ2v) is 10.7. The van der Waals surface area contributed by atoms with Crippen molar-refractivity contribution >= 4 is 64.2 Å². The number of nitrogens with one attached hydrogen (secondary N) is 3. The molecule has 0 fully saturated rings. The van der Waals surface area contributed by atoms with Crippen LogP contribution in [0.5, 0.6) is 0 Å². The Morgan fingerprint density at radius 3 is 2.25 bits per heavy atom. The van der Waals surface area contributed by atoms with Crippen LogP contribution in [0.3, 0.4) is 0 Å². The van der Waals surface area contributed by atoms with Gasteiger partial charge in [0.05, 0.1) is 10.8 Å². The summed E-state index contributed by atoms with van der Waals surface area (Å²) in [5.41, 5.74) is 2.24. The minimum Gasteiger partial charge on any atom is -0.478 e. The van der Waals surface area contributed by atoms with Gasteiger partial charge in [-0.3, -0.25) is 14.4 Å². The van der Waals surface area contributed by atoms with Gasteiger partial charge < -0.3 is 21.1 Å². The summed E-state index contributed by atoms with van der Waals surface area (Å²) in [5, 5.41) is 20.6. The van der Waals surface area contributed by atoms with E-state index in [2.05, 4.69) is 16.0 Å². The average Bonchev–Trinajstić information content (AvgIpc) is 3.46. The summed E-state index contributed by atoms with van der Waals surface area (Å²) < 4.78 is 0. The first-order valence-electron chi connectivity index (χ1n) is 12.1. The van der Waals surface area contributed by atoms with Crippen molar-refractivity contribution in [3.05, 3.63) is 118 Å². The van der Waals surface area contributed by atoms with Crippen LogP contribution in [0, 0.1) is 0 Å². The van der Waals surface area contributed by atoms with E-state index in [1.165, 1.54) is 35.2 Å². The summed E-state index contributed by atoms with van der Waals surface area (Å²) in [7, 11) is 0. The van der Waals surface area contributed by atoms with E-state index in [-0.39, 0.29) is 17.2 Å². The number of rotatable bonds is 10. The number of hydrogen-bond donors (Lipinski definition) is 4. The third-order valence-corrected chi connectivity index (χ3v) is 7.33. The van der Waals surface area contributed by atoms with Crippen molar-refractivity contribution < 1.29 is 24.3 Å². The first-order chi connectivity index (χ1) is 19.3. The number of anilines is 2. The van der Waals surface area contributed by atoms with E-state index in [0.29, 0.717) is 16.9 Å². The van der Waals surface area contributed by atoms with Crippen molar-refractivity contribution in [2.24, 2.45) is 0 Å². The summed E-state index contributed by atoms with van der Waals surface area (Å²) in [6.45, 7) is 1.73. The topological polar surface area (TPSA) is 125 Å². The highest BCUT2D eigenvalue weighted by Gasteiger charge is 2.18. The van der Waals surface area contributed by atoms with Crippen molar-refractivity contribution in [3.8, 4) is 0 Å². The molecule has 1 atom stereocenters. The zero-order chi connectivity index (χ0) is 28.5. The highest BCUT2D eigenvalue weighted by molar-refractivity contribution is 8.00. The maximum absolute atomic E-state index is 13.2. The molecule has 202 valence electrons. The summed E-state index contributed by atoms with van der Waals surface area (Å²) >= 11 is 2.75. The molecule has 1 heterocycles. The van der Waals surface area contributed by atoms with Gasteiger partial charge >= 0.3 is 5.97 Å². The zero-order valence-corrected chi connectivity index (χ0v) is 22.9. The number of aromatic carboxylic acids is 1. The van der Waals surface area contributed by atoms with Crippen LogP contribution in [0.2, 0.25) is 0 Å². The monoisotopic (exact) mass is 571 g/mol. The van der Waals surface area contributed by atoms with Gasteiger partial charge in [-0.05, 0) is 83.9 Å². The Morgan fingerprint density at radius 2 is 1.55 bits per heavy atom. The molecule has 3 aromatic carbocycles. The van der Waals surface area contributed by atoms with Crippen molar-refractivity contribution in [3.63, 3.8) is 0 Å². The fraction of sp³-hybridized carbons (Fsp3) is 0.0667. The van der Waals surface area contributed by atoms with E-state index in [4.69, 9.17) is 5.11 Å². The largest absolute Gasteiger partial charge is 0.478 e. The standard InChI is InChI=1S/C30H25N3O5S2/c1-19(27(34)31-23-10-5-9-22(16-23)30(37)38)40-25-12-6-11-24(17-25)32-29(36)26(15-20-13-14-39-18-20)33-28(35)21-7-3-2-4-8-21/h2-19H,1H3,(H,31,34)(H,32,36)(H,33,35)(H,37,38)/b26-15-. The average molecular weight is 572 g/mol. The van der Waals surface area contributed by atoms with Crippen LogP contribution in [0.4, 0.5) is 11.4 Å². The SMILES string of the molecule is CC(Sc1cccc(NC(=O)/C(=C/c2ccsc2)NC(=O)c2ccccc2)c1)C(=O)Nc1cccc(C(=O)O)c1. The molecule has 3 amide bonds. The van der Waals surface area contributed by atoms with Crippen LogP contribution >= 0.6 is 23.1 Å². The molecule has 1 aromatic heterocycles. The first kappa shape index (κ1) is 28.3. The first-order valence-corrected chi connectivity index (χ1v) is 13.9. The number of carbonyl (C=O) groups excluding carboxylic acids is 3. The lowest BCUT2D eigenvalue weighted by molar-refractivity contribution is -0.115. The van der Waals surface area contributed by atoms with E-state index in [1.54, 1.807) is 73.7 Å². The van der Waals surface area contributed by atoms with Gasteiger partial charge in [0.2, 0.25) is 5.91 Å². The third kappa shape index (κ3) is 7.92. The van der Waals surface area contributed by atoms with E-state index >= 15 is 0 Å². The van der Waals surface area contributed by atoms with Crippen LogP contribution in [0.1, 0.15) is 33.2 Å². The van der Waals surface area contributed by atoms with Gasteiger partial charge in [0.25, 0.3) is 11.8 Å². The lowest BCUT2D eigenvalue weighted by Crippen LogP contribution is -2.30. The summed E-state index contributed by atoms with van der Waals surface area (Å²) in [5.74, 6) is -2.28. The highest BCUT2D eigenvalue weighted by atomic mass is 32.2. The second-order valence-electron chi connectivity index (χ2n) is 8.55. The van der Waals surface area contributed by atoms with Crippen LogP contribution in [-0.4, -0.2) is 34.0 Å². The highest BCUT2D eigenvalue weighted by Crippen LogP contribution is 2.27. The Hall–Kier alpha value is -4.67.